The molecule has 25 heavy (non-hydrogen) atoms. The number of ether oxygens (including phenoxy) is 1. The zero-order valence-electron chi connectivity index (χ0n) is 13.6. The fraction of sp³-hybridized carbons (Fsp3) is 0.278. The lowest BCUT2D eigenvalue weighted by Gasteiger charge is -2.36. The molecular weight excluding hydrogens is 325 g/mol. The Balaban J connectivity index is 1.49. The molecule has 6 nitrogen and oxygen atoms in total. The van der Waals surface area contributed by atoms with Crippen molar-refractivity contribution in [1.29, 1.82) is 0 Å². The standard InChI is InChI=1S/C18H18FN3O3/c19-14-5-1-2-7-16(14)21-9-11-22(12-10-21)17(23)13-25-18(24)15-6-3-4-8-20-15/h1-8H,9-13H2. The zero-order valence-corrected chi connectivity index (χ0v) is 13.6. The largest absolute Gasteiger partial charge is 0.451 e. The van der Waals surface area contributed by atoms with Gasteiger partial charge in [0, 0.05) is 32.4 Å². The Labute approximate surface area is 144 Å². The summed E-state index contributed by atoms with van der Waals surface area (Å²) in [4.78, 5) is 31.4. The average molecular weight is 343 g/mol. The number of carbonyl (C=O) groups is 2. The van der Waals surface area contributed by atoms with E-state index in [1.54, 1.807) is 35.2 Å². The number of rotatable bonds is 4. The van der Waals surface area contributed by atoms with E-state index in [1.807, 2.05) is 4.90 Å². The number of para-hydroxylation sites is 1. The van der Waals surface area contributed by atoms with Gasteiger partial charge in [-0.05, 0) is 24.3 Å². The number of halogens is 1. The second kappa shape index (κ2) is 7.74. The molecule has 0 radical (unpaired) electrons. The van der Waals surface area contributed by atoms with Crippen molar-refractivity contribution in [1.82, 2.24) is 9.88 Å². The maximum atomic E-state index is 13.8. The molecule has 1 aromatic carbocycles. The average Bonchev–Trinajstić information content (AvgIpc) is 2.67. The molecule has 2 heterocycles. The summed E-state index contributed by atoms with van der Waals surface area (Å²) in [6.07, 6.45) is 1.49. The van der Waals surface area contributed by atoms with Gasteiger partial charge in [-0.2, -0.15) is 0 Å². The van der Waals surface area contributed by atoms with Crippen LogP contribution in [0.15, 0.2) is 48.7 Å². The van der Waals surface area contributed by atoms with Crippen LogP contribution in [0.25, 0.3) is 0 Å². The first-order chi connectivity index (χ1) is 12.1. The number of piperazine rings is 1. The summed E-state index contributed by atoms with van der Waals surface area (Å²) in [5.41, 5.74) is 0.704. The lowest BCUT2D eigenvalue weighted by atomic mass is 10.2. The fourth-order valence-corrected chi connectivity index (χ4v) is 2.68. The van der Waals surface area contributed by atoms with E-state index in [1.165, 1.54) is 18.3 Å². The van der Waals surface area contributed by atoms with Crippen LogP contribution in [0.5, 0.6) is 0 Å². The number of nitrogens with zero attached hydrogens (tertiary/aromatic N) is 3. The number of esters is 1. The van der Waals surface area contributed by atoms with Crippen LogP contribution in [0.3, 0.4) is 0 Å². The third-order valence-electron chi connectivity index (χ3n) is 4.03. The molecule has 2 aromatic rings. The smallest absolute Gasteiger partial charge is 0.357 e. The number of amides is 1. The van der Waals surface area contributed by atoms with Gasteiger partial charge in [0.15, 0.2) is 6.61 Å². The SMILES string of the molecule is O=C(OCC(=O)N1CCN(c2ccccc2F)CC1)c1ccccn1. The number of hydrogen-bond donors (Lipinski definition) is 0. The zero-order chi connectivity index (χ0) is 17.6. The molecule has 0 aliphatic carbocycles. The monoisotopic (exact) mass is 343 g/mol. The van der Waals surface area contributed by atoms with Crippen LogP contribution in [0, 0.1) is 5.82 Å². The number of hydrogen-bond acceptors (Lipinski definition) is 5. The molecule has 3 rings (SSSR count). The van der Waals surface area contributed by atoms with Crippen LogP contribution in [0.4, 0.5) is 10.1 Å². The summed E-state index contributed by atoms with van der Waals surface area (Å²) in [5.74, 6) is -1.16. The topological polar surface area (TPSA) is 62.7 Å². The maximum Gasteiger partial charge on any atom is 0.357 e. The first-order valence-electron chi connectivity index (χ1n) is 8.00. The van der Waals surface area contributed by atoms with Crippen LogP contribution in [0.2, 0.25) is 0 Å². The van der Waals surface area contributed by atoms with Gasteiger partial charge < -0.3 is 14.5 Å². The first-order valence-corrected chi connectivity index (χ1v) is 8.00. The first kappa shape index (κ1) is 16.9. The quantitative estimate of drug-likeness (QED) is 0.791. The van der Waals surface area contributed by atoms with E-state index in [-0.39, 0.29) is 24.0 Å². The van der Waals surface area contributed by atoms with Crippen molar-refractivity contribution in [2.45, 2.75) is 0 Å². The summed E-state index contributed by atoms with van der Waals surface area (Å²) < 4.78 is 18.8. The summed E-state index contributed by atoms with van der Waals surface area (Å²) in [6.45, 7) is 1.64. The molecule has 1 fully saturated rings. The van der Waals surface area contributed by atoms with E-state index in [9.17, 15) is 14.0 Å². The molecule has 1 aliphatic heterocycles. The summed E-state index contributed by atoms with van der Waals surface area (Å²) in [5, 5.41) is 0. The predicted octanol–water partition coefficient (Wildman–Crippen LogP) is 1.73. The number of benzene rings is 1. The van der Waals surface area contributed by atoms with Crippen LogP contribution >= 0.6 is 0 Å². The Morgan fingerprint density at radius 3 is 2.44 bits per heavy atom. The molecule has 1 amide bonds. The van der Waals surface area contributed by atoms with Crippen molar-refractivity contribution in [3.63, 3.8) is 0 Å². The number of pyridine rings is 1. The number of anilines is 1. The Morgan fingerprint density at radius 2 is 1.76 bits per heavy atom. The van der Waals surface area contributed by atoms with Crippen molar-refractivity contribution in [3.05, 3.63) is 60.2 Å². The Hall–Kier alpha value is -2.96. The van der Waals surface area contributed by atoms with Crippen LogP contribution in [-0.4, -0.2) is 54.5 Å². The molecule has 0 spiro atoms. The third-order valence-corrected chi connectivity index (χ3v) is 4.03. The minimum Gasteiger partial charge on any atom is -0.451 e. The fourth-order valence-electron chi connectivity index (χ4n) is 2.68. The summed E-state index contributed by atoms with van der Waals surface area (Å²) in [6, 6.07) is 11.5. The molecule has 1 aromatic heterocycles. The minimum atomic E-state index is -0.626. The van der Waals surface area contributed by atoms with Crippen molar-refractivity contribution >= 4 is 17.6 Å². The van der Waals surface area contributed by atoms with Crippen molar-refractivity contribution < 1.29 is 18.7 Å². The summed E-state index contributed by atoms with van der Waals surface area (Å²) >= 11 is 0. The lowest BCUT2D eigenvalue weighted by Crippen LogP contribution is -2.50. The van der Waals surface area contributed by atoms with Gasteiger partial charge in [0.1, 0.15) is 11.5 Å². The van der Waals surface area contributed by atoms with E-state index >= 15 is 0 Å². The summed E-state index contributed by atoms with van der Waals surface area (Å²) in [7, 11) is 0. The van der Waals surface area contributed by atoms with Crippen LogP contribution in [-0.2, 0) is 9.53 Å². The molecule has 0 N–H and O–H groups in total. The van der Waals surface area contributed by atoms with E-state index < -0.39 is 5.97 Å². The second-order valence-electron chi connectivity index (χ2n) is 5.61. The van der Waals surface area contributed by atoms with Gasteiger partial charge in [0.2, 0.25) is 0 Å². The molecule has 0 bridgehead atoms. The highest BCUT2D eigenvalue weighted by Gasteiger charge is 2.23. The maximum absolute atomic E-state index is 13.8. The highest BCUT2D eigenvalue weighted by Crippen LogP contribution is 2.20. The predicted molar refractivity (Wildman–Crippen MR) is 89.7 cm³/mol. The van der Waals surface area contributed by atoms with Gasteiger partial charge in [0.25, 0.3) is 5.91 Å². The van der Waals surface area contributed by atoms with E-state index in [0.29, 0.717) is 31.9 Å². The Bertz CT molecular complexity index is 746. The van der Waals surface area contributed by atoms with Crippen LogP contribution < -0.4 is 4.90 Å². The molecule has 130 valence electrons. The third kappa shape index (κ3) is 4.12. The molecule has 0 atom stereocenters. The minimum absolute atomic E-state index is 0.166. The van der Waals surface area contributed by atoms with E-state index in [0.717, 1.165) is 0 Å². The van der Waals surface area contributed by atoms with Gasteiger partial charge >= 0.3 is 5.97 Å². The van der Waals surface area contributed by atoms with Gasteiger partial charge in [-0.1, -0.05) is 18.2 Å². The highest BCUT2D eigenvalue weighted by molar-refractivity contribution is 5.89. The number of aromatic nitrogens is 1. The van der Waals surface area contributed by atoms with Crippen molar-refractivity contribution in [3.8, 4) is 0 Å². The highest BCUT2D eigenvalue weighted by atomic mass is 19.1. The molecular formula is C18H18FN3O3. The van der Waals surface area contributed by atoms with Gasteiger partial charge in [0.05, 0.1) is 5.69 Å². The molecule has 0 saturated carbocycles. The lowest BCUT2D eigenvalue weighted by molar-refractivity contribution is -0.134. The molecule has 0 unspecified atom stereocenters. The van der Waals surface area contributed by atoms with E-state index in [4.69, 9.17) is 4.74 Å². The van der Waals surface area contributed by atoms with Crippen molar-refractivity contribution in [2.75, 3.05) is 37.7 Å². The Kier molecular flexibility index (Phi) is 5.23. The van der Waals surface area contributed by atoms with Crippen LogP contribution in [0.1, 0.15) is 10.5 Å². The Morgan fingerprint density at radius 1 is 1.04 bits per heavy atom. The molecule has 7 heteroatoms. The van der Waals surface area contributed by atoms with E-state index in [2.05, 4.69) is 4.98 Å². The molecule has 1 saturated heterocycles. The normalized spacial score (nSPS) is 14.3. The number of carbonyl (C=O) groups excluding carboxylic acids is 2. The van der Waals surface area contributed by atoms with Gasteiger partial charge in [-0.25, -0.2) is 14.2 Å². The van der Waals surface area contributed by atoms with Crippen molar-refractivity contribution in [2.24, 2.45) is 0 Å². The van der Waals surface area contributed by atoms with Gasteiger partial charge in [-0.3, -0.25) is 4.79 Å². The van der Waals surface area contributed by atoms with Gasteiger partial charge in [-0.15, -0.1) is 0 Å². The molecule has 1 aliphatic rings. The second-order valence-corrected chi connectivity index (χ2v) is 5.61.